The first-order chi connectivity index (χ1) is 12.2. The van der Waals surface area contributed by atoms with Crippen LogP contribution in [0.3, 0.4) is 0 Å². The van der Waals surface area contributed by atoms with Crippen molar-refractivity contribution in [1.29, 1.82) is 0 Å². The molecule has 1 amide bonds. The second-order valence-corrected chi connectivity index (χ2v) is 6.07. The Bertz CT molecular complexity index is 845. The zero-order chi connectivity index (χ0) is 17.6. The van der Waals surface area contributed by atoms with Gasteiger partial charge in [-0.15, -0.1) is 21.5 Å². The number of hydrogen-bond donors (Lipinski definition) is 1. The van der Waals surface area contributed by atoms with Crippen LogP contribution >= 0.6 is 11.3 Å². The van der Waals surface area contributed by atoms with Gasteiger partial charge in [-0.25, -0.2) is 0 Å². The van der Waals surface area contributed by atoms with Gasteiger partial charge in [-0.1, -0.05) is 12.1 Å². The topological polar surface area (TPSA) is 86.5 Å². The molecule has 7 nitrogen and oxygen atoms in total. The fraction of sp³-hybridized carbons (Fsp3) is 0.235. The van der Waals surface area contributed by atoms with Crippen LogP contribution in [0.25, 0.3) is 10.8 Å². The van der Waals surface area contributed by atoms with Crippen molar-refractivity contribution in [3.05, 3.63) is 47.2 Å². The van der Waals surface area contributed by atoms with Crippen molar-refractivity contribution >= 4 is 17.2 Å². The molecule has 3 aromatic rings. The van der Waals surface area contributed by atoms with Crippen LogP contribution in [0.5, 0.6) is 11.5 Å². The van der Waals surface area contributed by atoms with Gasteiger partial charge in [0.05, 0.1) is 32.1 Å². The molecule has 1 N–H and O–H groups in total. The van der Waals surface area contributed by atoms with Crippen LogP contribution in [0.1, 0.15) is 11.5 Å². The van der Waals surface area contributed by atoms with Gasteiger partial charge in [-0.05, 0) is 29.1 Å². The zero-order valence-electron chi connectivity index (χ0n) is 13.8. The summed E-state index contributed by atoms with van der Waals surface area (Å²) >= 11 is 1.52. The molecular formula is C17H17N3O4S. The maximum atomic E-state index is 12.1. The molecule has 2 heterocycles. The van der Waals surface area contributed by atoms with Crippen molar-refractivity contribution in [3.63, 3.8) is 0 Å². The number of methoxy groups -OCH3 is 2. The number of carbonyl (C=O) groups is 1. The highest BCUT2D eigenvalue weighted by atomic mass is 32.1. The van der Waals surface area contributed by atoms with Gasteiger partial charge in [0.25, 0.3) is 5.89 Å². The molecule has 0 bridgehead atoms. The minimum atomic E-state index is -0.150. The summed E-state index contributed by atoms with van der Waals surface area (Å²) in [5, 5.41) is 12.6. The average Bonchev–Trinajstić information content (AvgIpc) is 3.31. The van der Waals surface area contributed by atoms with Crippen molar-refractivity contribution in [1.82, 2.24) is 15.5 Å². The van der Waals surface area contributed by atoms with Gasteiger partial charge in [-0.3, -0.25) is 4.79 Å². The molecule has 3 rings (SSSR count). The number of ether oxygens (including phenoxy) is 2. The highest BCUT2D eigenvalue weighted by Gasteiger charge is 2.12. The summed E-state index contributed by atoms with van der Waals surface area (Å²) < 4.78 is 16.0. The van der Waals surface area contributed by atoms with Crippen LogP contribution in [0.2, 0.25) is 0 Å². The number of rotatable bonds is 7. The Hall–Kier alpha value is -2.87. The number of hydrogen-bond acceptors (Lipinski definition) is 7. The quantitative estimate of drug-likeness (QED) is 0.698. The molecule has 0 saturated carbocycles. The molecule has 25 heavy (non-hydrogen) atoms. The minimum absolute atomic E-state index is 0.150. The first kappa shape index (κ1) is 17.0. The van der Waals surface area contributed by atoms with Gasteiger partial charge >= 0.3 is 0 Å². The normalized spacial score (nSPS) is 10.5. The molecule has 2 aromatic heterocycles. The van der Waals surface area contributed by atoms with E-state index in [9.17, 15) is 4.79 Å². The maximum Gasteiger partial charge on any atom is 0.257 e. The molecule has 1 aromatic carbocycles. The first-order valence-electron chi connectivity index (χ1n) is 7.53. The summed E-state index contributed by atoms with van der Waals surface area (Å²) in [7, 11) is 3.13. The van der Waals surface area contributed by atoms with E-state index in [1.807, 2.05) is 23.6 Å². The Labute approximate surface area is 148 Å². The van der Waals surface area contributed by atoms with Crippen molar-refractivity contribution in [2.45, 2.75) is 13.0 Å². The molecule has 0 unspecified atom stereocenters. The zero-order valence-corrected chi connectivity index (χ0v) is 14.6. The summed E-state index contributed by atoms with van der Waals surface area (Å²) in [6.45, 7) is 0.185. The molecular weight excluding hydrogens is 342 g/mol. The lowest BCUT2D eigenvalue weighted by Crippen LogP contribution is -2.24. The average molecular weight is 359 g/mol. The number of benzene rings is 1. The molecule has 0 aliphatic rings. The number of carbonyl (C=O) groups excluding carboxylic acids is 1. The Morgan fingerprint density at radius 2 is 2.04 bits per heavy atom. The van der Waals surface area contributed by atoms with Crippen LogP contribution in [-0.4, -0.2) is 30.3 Å². The van der Waals surface area contributed by atoms with E-state index < -0.39 is 0 Å². The number of thiophene rings is 1. The summed E-state index contributed by atoms with van der Waals surface area (Å²) in [5.41, 5.74) is 0.819. The first-order valence-corrected chi connectivity index (χ1v) is 8.41. The van der Waals surface area contributed by atoms with E-state index in [4.69, 9.17) is 13.9 Å². The summed E-state index contributed by atoms with van der Waals surface area (Å²) in [5.74, 6) is 1.88. The Morgan fingerprint density at radius 1 is 1.20 bits per heavy atom. The van der Waals surface area contributed by atoms with Crippen molar-refractivity contribution in [2.75, 3.05) is 14.2 Å². The van der Waals surface area contributed by atoms with Gasteiger partial charge < -0.3 is 19.2 Å². The highest BCUT2D eigenvalue weighted by Crippen LogP contribution is 2.27. The molecule has 0 radical (unpaired) electrons. The predicted octanol–water partition coefficient (Wildman–Crippen LogP) is 2.67. The monoisotopic (exact) mass is 359 g/mol. The number of amides is 1. The molecule has 0 fully saturated rings. The van der Waals surface area contributed by atoms with E-state index in [0.29, 0.717) is 23.3 Å². The lowest BCUT2D eigenvalue weighted by atomic mass is 10.1. The standard InChI is InChI=1S/C17H17N3O4S/c1-22-12-6-5-11(8-13(12)23-2)9-15(21)18-10-16-19-20-17(24-16)14-4-3-7-25-14/h3-8H,9-10H2,1-2H3,(H,18,21). The summed E-state index contributed by atoms with van der Waals surface area (Å²) in [6.07, 6.45) is 0.215. The largest absolute Gasteiger partial charge is 0.493 e. The third-order valence-electron chi connectivity index (χ3n) is 3.45. The van der Waals surface area contributed by atoms with Crippen LogP contribution in [-0.2, 0) is 17.8 Å². The van der Waals surface area contributed by atoms with Gasteiger partial charge in [-0.2, -0.15) is 0 Å². The fourth-order valence-electron chi connectivity index (χ4n) is 2.24. The number of aromatic nitrogens is 2. The Kier molecular flexibility index (Phi) is 5.30. The molecule has 0 spiro atoms. The van der Waals surface area contributed by atoms with Crippen LogP contribution in [0.15, 0.2) is 40.1 Å². The molecule has 0 atom stereocenters. The fourth-order valence-corrected chi connectivity index (χ4v) is 2.88. The van der Waals surface area contributed by atoms with Gasteiger partial charge in [0, 0.05) is 0 Å². The van der Waals surface area contributed by atoms with Crippen molar-refractivity contribution < 1.29 is 18.7 Å². The third-order valence-corrected chi connectivity index (χ3v) is 4.31. The van der Waals surface area contributed by atoms with Gasteiger partial charge in [0.2, 0.25) is 11.8 Å². The maximum absolute atomic E-state index is 12.1. The Balaban J connectivity index is 1.56. The molecule has 0 saturated heterocycles. The van der Waals surface area contributed by atoms with E-state index in [1.54, 1.807) is 26.4 Å². The molecule has 130 valence electrons. The highest BCUT2D eigenvalue weighted by molar-refractivity contribution is 7.13. The van der Waals surface area contributed by atoms with Crippen molar-refractivity contribution in [3.8, 4) is 22.3 Å². The molecule has 0 aliphatic heterocycles. The van der Waals surface area contributed by atoms with Gasteiger partial charge in [0.15, 0.2) is 11.5 Å². The predicted molar refractivity (Wildman–Crippen MR) is 92.7 cm³/mol. The lowest BCUT2D eigenvalue weighted by molar-refractivity contribution is -0.120. The van der Waals surface area contributed by atoms with E-state index in [2.05, 4.69) is 15.5 Å². The second-order valence-electron chi connectivity index (χ2n) is 5.12. The van der Waals surface area contributed by atoms with Gasteiger partial charge in [0.1, 0.15) is 0 Å². The van der Waals surface area contributed by atoms with Crippen LogP contribution in [0, 0.1) is 0 Å². The third kappa shape index (κ3) is 4.16. The number of nitrogens with zero attached hydrogens (tertiary/aromatic N) is 2. The smallest absolute Gasteiger partial charge is 0.257 e. The Morgan fingerprint density at radius 3 is 2.76 bits per heavy atom. The molecule has 0 aliphatic carbocycles. The van der Waals surface area contributed by atoms with E-state index >= 15 is 0 Å². The van der Waals surface area contributed by atoms with Crippen LogP contribution < -0.4 is 14.8 Å². The van der Waals surface area contributed by atoms with E-state index in [1.165, 1.54) is 11.3 Å². The number of nitrogens with one attached hydrogen (secondary N) is 1. The minimum Gasteiger partial charge on any atom is -0.493 e. The van der Waals surface area contributed by atoms with Crippen LogP contribution in [0.4, 0.5) is 0 Å². The summed E-state index contributed by atoms with van der Waals surface area (Å²) in [4.78, 5) is 13.0. The summed E-state index contributed by atoms with van der Waals surface area (Å²) in [6, 6.07) is 9.18. The van der Waals surface area contributed by atoms with E-state index in [0.717, 1.165) is 10.4 Å². The molecule has 8 heteroatoms. The SMILES string of the molecule is COc1ccc(CC(=O)NCc2nnc(-c3cccs3)o2)cc1OC. The second kappa shape index (κ2) is 7.80. The van der Waals surface area contributed by atoms with E-state index in [-0.39, 0.29) is 18.9 Å². The lowest BCUT2D eigenvalue weighted by Gasteiger charge is -2.09. The van der Waals surface area contributed by atoms with Crippen molar-refractivity contribution in [2.24, 2.45) is 0 Å².